The summed E-state index contributed by atoms with van der Waals surface area (Å²) in [7, 11) is 3.26. The van der Waals surface area contributed by atoms with Crippen LogP contribution in [0, 0.1) is 0 Å². The highest BCUT2D eigenvalue weighted by atomic mass is 35.5. The van der Waals surface area contributed by atoms with Crippen molar-refractivity contribution in [3.05, 3.63) is 119 Å². The van der Waals surface area contributed by atoms with E-state index >= 15 is 0 Å². The van der Waals surface area contributed by atoms with Crippen LogP contribution in [0.3, 0.4) is 0 Å². The summed E-state index contributed by atoms with van der Waals surface area (Å²) in [4.78, 5) is 14.3. The lowest BCUT2D eigenvalue weighted by molar-refractivity contribution is 0.0600. The molecule has 4 aromatic carbocycles. The highest BCUT2D eigenvalue weighted by Crippen LogP contribution is 2.28. The highest BCUT2D eigenvalue weighted by molar-refractivity contribution is 6.30. The number of hydrogen-bond donors (Lipinski definition) is 1. The van der Waals surface area contributed by atoms with Gasteiger partial charge < -0.3 is 19.6 Å². The Morgan fingerprint density at radius 1 is 0.800 bits per heavy atom. The predicted molar refractivity (Wildman–Crippen MR) is 138 cm³/mol. The predicted octanol–water partition coefficient (Wildman–Crippen LogP) is 6.91. The van der Waals surface area contributed by atoms with Gasteiger partial charge in [-0.25, -0.2) is 4.79 Å². The third-order valence-electron chi connectivity index (χ3n) is 5.42. The molecule has 6 nitrogen and oxygen atoms in total. The van der Waals surface area contributed by atoms with Gasteiger partial charge in [0.1, 0.15) is 17.2 Å². The number of esters is 1. The SMILES string of the molecule is COC(=O)c1cc(Oc2ccccc2)cc(C(=NO)c2ccc(N(C)c3ccc(Cl)cc3)cc2)c1. The zero-order valence-electron chi connectivity index (χ0n) is 19.2. The first kappa shape index (κ1) is 23.9. The molecule has 0 aliphatic carbocycles. The van der Waals surface area contributed by atoms with Gasteiger partial charge in [-0.1, -0.05) is 47.1 Å². The molecular formula is C28H23ClN2O4. The number of halogens is 1. The Bertz CT molecular complexity index is 1340. The summed E-state index contributed by atoms with van der Waals surface area (Å²) < 4.78 is 10.8. The van der Waals surface area contributed by atoms with Crippen LogP contribution in [0.15, 0.2) is 102 Å². The van der Waals surface area contributed by atoms with E-state index in [4.69, 9.17) is 21.1 Å². The average Bonchev–Trinajstić information content (AvgIpc) is 2.89. The number of rotatable bonds is 7. The smallest absolute Gasteiger partial charge is 0.338 e. The van der Waals surface area contributed by atoms with E-state index in [2.05, 4.69) is 5.16 Å². The number of methoxy groups -OCH3 is 1. The Hall–Kier alpha value is -4.29. The molecule has 0 radical (unpaired) electrons. The monoisotopic (exact) mass is 486 g/mol. The van der Waals surface area contributed by atoms with Crippen LogP contribution in [0.1, 0.15) is 21.5 Å². The Morgan fingerprint density at radius 2 is 1.40 bits per heavy atom. The Kier molecular flexibility index (Phi) is 7.33. The van der Waals surface area contributed by atoms with Gasteiger partial charge in [-0.2, -0.15) is 0 Å². The summed E-state index contributed by atoms with van der Waals surface area (Å²) in [6.07, 6.45) is 0. The minimum Gasteiger partial charge on any atom is -0.465 e. The fourth-order valence-corrected chi connectivity index (χ4v) is 3.72. The molecule has 4 rings (SSSR count). The van der Waals surface area contributed by atoms with E-state index in [0.29, 0.717) is 27.6 Å². The van der Waals surface area contributed by atoms with E-state index in [1.807, 2.05) is 78.7 Å². The van der Waals surface area contributed by atoms with Crippen molar-refractivity contribution in [1.29, 1.82) is 0 Å². The molecule has 0 atom stereocenters. The fraction of sp³-hybridized carbons (Fsp3) is 0.0714. The molecule has 0 aromatic heterocycles. The molecule has 0 fully saturated rings. The number of oxime groups is 1. The third-order valence-corrected chi connectivity index (χ3v) is 5.67. The number of ether oxygens (including phenoxy) is 2. The van der Waals surface area contributed by atoms with Gasteiger partial charge in [0.25, 0.3) is 0 Å². The van der Waals surface area contributed by atoms with Gasteiger partial charge in [0.15, 0.2) is 0 Å². The second-order valence-electron chi connectivity index (χ2n) is 7.68. The van der Waals surface area contributed by atoms with Gasteiger partial charge in [-0.3, -0.25) is 0 Å². The van der Waals surface area contributed by atoms with Crippen molar-refractivity contribution >= 4 is 34.7 Å². The first-order valence-electron chi connectivity index (χ1n) is 10.8. The number of benzene rings is 4. The highest BCUT2D eigenvalue weighted by Gasteiger charge is 2.16. The van der Waals surface area contributed by atoms with Gasteiger partial charge in [-0.15, -0.1) is 0 Å². The largest absolute Gasteiger partial charge is 0.465 e. The quantitative estimate of drug-likeness (QED) is 0.133. The van der Waals surface area contributed by atoms with Crippen LogP contribution in [0.25, 0.3) is 0 Å². The minimum absolute atomic E-state index is 0.274. The van der Waals surface area contributed by atoms with Gasteiger partial charge in [0, 0.05) is 34.6 Å². The molecule has 0 heterocycles. The van der Waals surface area contributed by atoms with Crippen molar-refractivity contribution in [3.63, 3.8) is 0 Å². The van der Waals surface area contributed by atoms with E-state index in [9.17, 15) is 10.0 Å². The molecule has 0 saturated heterocycles. The van der Waals surface area contributed by atoms with Crippen molar-refractivity contribution in [1.82, 2.24) is 0 Å². The Balaban J connectivity index is 1.66. The van der Waals surface area contributed by atoms with Crippen LogP contribution >= 0.6 is 11.6 Å². The van der Waals surface area contributed by atoms with E-state index in [0.717, 1.165) is 11.4 Å². The number of anilines is 2. The second kappa shape index (κ2) is 10.8. The van der Waals surface area contributed by atoms with Gasteiger partial charge in [0.05, 0.1) is 12.7 Å². The van der Waals surface area contributed by atoms with E-state index < -0.39 is 5.97 Å². The lowest BCUT2D eigenvalue weighted by atomic mass is 9.99. The van der Waals surface area contributed by atoms with Crippen molar-refractivity contribution < 1.29 is 19.5 Å². The lowest BCUT2D eigenvalue weighted by Crippen LogP contribution is -2.10. The Morgan fingerprint density at radius 3 is 2.00 bits per heavy atom. The van der Waals surface area contributed by atoms with Gasteiger partial charge in [0.2, 0.25) is 0 Å². The van der Waals surface area contributed by atoms with Crippen molar-refractivity contribution in [2.24, 2.45) is 5.16 Å². The first-order chi connectivity index (χ1) is 17.0. The molecule has 0 amide bonds. The standard InChI is InChI=1S/C28H23ClN2O4/c1-31(24-14-10-22(29)11-15-24)23-12-8-19(9-13-23)27(30-33)20-16-21(28(32)34-2)18-26(17-20)35-25-6-4-3-5-7-25/h3-18,33H,1-2H3. The molecule has 176 valence electrons. The molecule has 7 heteroatoms. The lowest BCUT2D eigenvalue weighted by Gasteiger charge is -2.20. The number of carbonyl (C=O) groups is 1. The summed E-state index contributed by atoms with van der Waals surface area (Å²) >= 11 is 6.00. The molecule has 0 bridgehead atoms. The summed E-state index contributed by atoms with van der Waals surface area (Å²) in [6.45, 7) is 0. The molecule has 0 unspecified atom stereocenters. The van der Waals surface area contributed by atoms with E-state index in [1.54, 1.807) is 30.3 Å². The van der Waals surface area contributed by atoms with Crippen LogP contribution < -0.4 is 9.64 Å². The molecule has 0 saturated carbocycles. The maximum atomic E-state index is 12.3. The molecule has 4 aromatic rings. The maximum Gasteiger partial charge on any atom is 0.338 e. The normalized spacial score (nSPS) is 11.1. The number of carbonyl (C=O) groups excluding carboxylic acids is 1. The Labute approximate surface area is 208 Å². The van der Waals surface area contributed by atoms with Gasteiger partial charge >= 0.3 is 5.97 Å². The number of hydrogen-bond acceptors (Lipinski definition) is 6. The third kappa shape index (κ3) is 5.62. The molecule has 0 aliphatic rings. The number of para-hydroxylation sites is 1. The zero-order chi connectivity index (χ0) is 24.8. The molecule has 1 N–H and O–H groups in total. The molecule has 0 aliphatic heterocycles. The van der Waals surface area contributed by atoms with Crippen LogP contribution in [-0.2, 0) is 4.74 Å². The summed E-state index contributed by atoms with van der Waals surface area (Å²) in [6, 6.07) is 29.2. The van der Waals surface area contributed by atoms with Gasteiger partial charge in [-0.05, 0) is 66.7 Å². The first-order valence-corrected chi connectivity index (χ1v) is 11.1. The fourth-order valence-electron chi connectivity index (χ4n) is 3.59. The van der Waals surface area contributed by atoms with Crippen molar-refractivity contribution in [2.45, 2.75) is 0 Å². The van der Waals surface area contributed by atoms with E-state index in [1.165, 1.54) is 7.11 Å². The van der Waals surface area contributed by atoms with Crippen molar-refractivity contribution in [3.8, 4) is 11.5 Å². The summed E-state index contributed by atoms with van der Waals surface area (Å²) in [5, 5.41) is 14.1. The minimum atomic E-state index is -0.526. The van der Waals surface area contributed by atoms with Crippen LogP contribution in [-0.4, -0.2) is 31.0 Å². The van der Waals surface area contributed by atoms with Crippen LogP contribution in [0.2, 0.25) is 5.02 Å². The summed E-state index contributed by atoms with van der Waals surface area (Å²) in [5.74, 6) is 0.494. The molecular weight excluding hydrogens is 464 g/mol. The van der Waals surface area contributed by atoms with Crippen LogP contribution in [0.5, 0.6) is 11.5 Å². The zero-order valence-corrected chi connectivity index (χ0v) is 19.9. The molecule has 0 spiro atoms. The van der Waals surface area contributed by atoms with Crippen LogP contribution in [0.4, 0.5) is 11.4 Å². The average molecular weight is 487 g/mol. The summed E-state index contributed by atoms with van der Waals surface area (Å²) in [5.41, 5.74) is 3.63. The maximum absolute atomic E-state index is 12.3. The second-order valence-corrected chi connectivity index (χ2v) is 8.12. The van der Waals surface area contributed by atoms with E-state index in [-0.39, 0.29) is 11.3 Å². The topological polar surface area (TPSA) is 71.4 Å². The number of nitrogens with zero attached hydrogens (tertiary/aromatic N) is 2. The van der Waals surface area contributed by atoms with Crippen molar-refractivity contribution in [2.75, 3.05) is 19.1 Å². The molecule has 35 heavy (non-hydrogen) atoms.